The Labute approximate surface area is 298 Å². The number of amides is 1. The standard InChI is InChI=1S/C37H32F5N7O2S/c1-4-31(50)48-8-9-49-29(20(48)2)14-27(45-49)35-33(32-25(39)12-23(38)13-30(32)51-17-21-15-47(16-21)18-37(40,41)42)36-24(7-10-52-36)34(44-35)22-5-6-28-26(11-22)43-19-46(28)3/h4-7,10-14,19-21H,1,8-9,15-18H2,2-3H3/t20-/m1/s1. The highest BCUT2D eigenvalue weighted by Gasteiger charge is 2.38. The van der Waals surface area contributed by atoms with E-state index < -0.39 is 24.4 Å². The van der Waals surface area contributed by atoms with Crippen molar-refractivity contribution in [3.05, 3.63) is 84.2 Å². The number of alkyl halides is 3. The summed E-state index contributed by atoms with van der Waals surface area (Å²) in [4.78, 5) is 25.3. The van der Waals surface area contributed by atoms with Gasteiger partial charge in [-0.15, -0.1) is 11.3 Å². The van der Waals surface area contributed by atoms with Gasteiger partial charge < -0.3 is 14.2 Å². The Morgan fingerprint density at radius 2 is 1.88 bits per heavy atom. The lowest BCUT2D eigenvalue weighted by Gasteiger charge is -2.39. The molecule has 268 valence electrons. The molecule has 9 nitrogen and oxygen atoms in total. The molecule has 1 saturated heterocycles. The third kappa shape index (κ3) is 6.00. The first-order chi connectivity index (χ1) is 24.9. The highest BCUT2D eigenvalue weighted by Crippen LogP contribution is 2.48. The Bertz CT molecular complexity index is 2380. The second-order valence-electron chi connectivity index (χ2n) is 13.2. The molecule has 0 radical (unpaired) electrons. The summed E-state index contributed by atoms with van der Waals surface area (Å²) in [6, 6.07) is 11.1. The molecule has 0 spiro atoms. The molecule has 6 heterocycles. The predicted molar refractivity (Wildman–Crippen MR) is 188 cm³/mol. The molecule has 0 unspecified atom stereocenters. The molecule has 0 bridgehead atoms. The molecule has 8 rings (SSSR count). The Kier molecular flexibility index (Phi) is 8.37. The summed E-state index contributed by atoms with van der Waals surface area (Å²) in [7, 11) is 1.91. The van der Waals surface area contributed by atoms with E-state index in [2.05, 4.69) is 11.6 Å². The van der Waals surface area contributed by atoms with Crippen LogP contribution in [-0.4, -0.2) is 79.0 Å². The molecule has 15 heteroatoms. The number of ether oxygens (including phenoxy) is 1. The third-order valence-electron chi connectivity index (χ3n) is 9.75. The normalized spacial score (nSPS) is 16.8. The number of carbonyl (C=O) groups is 1. The van der Waals surface area contributed by atoms with Gasteiger partial charge >= 0.3 is 6.18 Å². The molecule has 0 N–H and O–H groups in total. The Hall–Kier alpha value is -5.15. The second-order valence-corrected chi connectivity index (χ2v) is 14.2. The van der Waals surface area contributed by atoms with E-state index in [4.69, 9.17) is 14.8 Å². The first-order valence-electron chi connectivity index (χ1n) is 16.6. The van der Waals surface area contributed by atoms with Crippen LogP contribution in [0.4, 0.5) is 22.0 Å². The smallest absolute Gasteiger partial charge is 0.401 e. The number of carbonyl (C=O) groups excluding carboxylic acids is 1. The van der Waals surface area contributed by atoms with E-state index in [1.165, 1.54) is 22.3 Å². The van der Waals surface area contributed by atoms with E-state index in [0.717, 1.165) is 39.8 Å². The first-order valence-corrected chi connectivity index (χ1v) is 17.5. The van der Waals surface area contributed by atoms with Gasteiger partial charge in [0.05, 0.1) is 60.1 Å². The van der Waals surface area contributed by atoms with E-state index in [1.807, 2.05) is 54.3 Å². The molecule has 4 aromatic heterocycles. The van der Waals surface area contributed by atoms with Crippen molar-refractivity contribution >= 4 is 38.4 Å². The van der Waals surface area contributed by atoms with E-state index in [1.54, 1.807) is 15.9 Å². The molecule has 52 heavy (non-hydrogen) atoms. The number of halogens is 5. The van der Waals surface area contributed by atoms with Crippen LogP contribution in [0, 0.1) is 17.6 Å². The summed E-state index contributed by atoms with van der Waals surface area (Å²) in [6.45, 7) is 5.57. The zero-order chi connectivity index (χ0) is 36.5. The van der Waals surface area contributed by atoms with Crippen molar-refractivity contribution < 1.29 is 31.5 Å². The maximum absolute atomic E-state index is 16.3. The summed E-state index contributed by atoms with van der Waals surface area (Å²) < 4.78 is 80.3. The van der Waals surface area contributed by atoms with E-state index in [0.29, 0.717) is 40.4 Å². The fraction of sp³-hybridized carbons (Fsp3) is 0.297. The van der Waals surface area contributed by atoms with Crippen molar-refractivity contribution in [3.8, 4) is 39.5 Å². The summed E-state index contributed by atoms with van der Waals surface area (Å²) in [5.74, 6) is -2.31. The fourth-order valence-electron chi connectivity index (χ4n) is 7.26. The van der Waals surface area contributed by atoms with Gasteiger partial charge in [0, 0.05) is 65.9 Å². The molecule has 6 aromatic rings. The first kappa shape index (κ1) is 34.0. The maximum atomic E-state index is 16.3. The Balaban J connectivity index is 1.28. The van der Waals surface area contributed by atoms with Crippen LogP contribution in [0.3, 0.4) is 0 Å². The molecule has 2 aliphatic heterocycles. The number of imidazole rings is 1. The quantitative estimate of drug-likeness (QED) is 0.118. The molecule has 0 aliphatic carbocycles. The third-order valence-corrected chi connectivity index (χ3v) is 10.7. The highest BCUT2D eigenvalue weighted by molar-refractivity contribution is 7.18. The lowest BCUT2D eigenvalue weighted by Crippen LogP contribution is -2.52. The maximum Gasteiger partial charge on any atom is 0.401 e. The van der Waals surface area contributed by atoms with Gasteiger partial charge in [0.1, 0.15) is 28.8 Å². The Morgan fingerprint density at radius 1 is 1.08 bits per heavy atom. The number of pyridine rings is 1. The number of thiophene rings is 1. The second kappa shape index (κ2) is 12.8. The van der Waals surface area contributed by atoms with Gasteiger partial charge in [0.25, 0.3) is 0 Å². The minimum Gasteiger partial charge on any atom is -0.492 e. The molecular formula is C37H32F5N7O2S. The fourth-order valence-corrected chi connectivity index (χ4v) is 8.21. The van der Waals surface area contributed by atoms with Gasteiger partial charge in [-0.05, 0) is 42.6 Å². The van der Waals surface area contributed by atoms with Crippen LogP contribution in [-0.2, 0) is 18.4 Å². The zero-order valence-electron chi connectivity index (χ0n) is 28.1. The topological polar surface area (TPSA) is 81.3 Å². The van der Waals surface area contributed by atoms with Crippen molar-refractivity contribution in [2.24, 2.45) is 13.0 Å². The van der Waals surface area contributed by atoms with Crippen LogP contribution in [0.25, 0.3) is 54.9 Å². The average Bonchev–Trinajstić information content (AvgIpc) is 3.83. The molecular weight excluding hydrogens is 702 g/mol. The number of hydrogen-bond donors (Lipinski definition) is 0. The van der Waals surface area contributed by atoms with Crippen LogP contribution < -0.4 is 4.74 Å². The van der Waals surface area contributed by atoms with E-state index >= 15 is 4.39 Å². The number of benzene rings is 2. The van der Waals surface area contributed by atoms with Crippen LogP contribution in [0.15, 0.2) is 66.8 Å². The molecule has 1 fully saturated rings. The van der Waals surface area contributed by atoms with Crippen LogP contribution in [0.5, 0.6) is 5.75 Å². The summed E-state index contributed by atoms with van der Waals surface area (Å²) in [6.07, 6.45) is -1.32. The lowest BCUT2D eigenvalue weighted by molar-refractivity contribution is -0.160. The van der Waals surface area contributed by atoms with Gasteiger partial charge in [-0.3, -0.25) is 14.4 Å². The number of nitrogens with zero attached hydrogens (tertiary/aromatic N) is 7. The number of hydrogen-bond acceptors (Lipinski definition) is 7. The minimum atomic E-state index is -4.32. The number of aromatic nitrogens is 5. The highest BCUT2D eigenvalue weighted by atomic mass is 32.1. The SMILES string of the molecule is C=CC(=O)N1CCn2nc(-c3nc(-c4ccc5c(c4)ncn5C)c4ccsc4c3-c3c(F)cc(F)cc3OCC3CN(CC(F)(F)F)C3)cc2[C@H]1C. The average molecular weight is 734 g/mol. The van der Waals surface area contributed by atoms with Crippen molar-refractivity contribution in [3.63, 3.8) is 0 Å². The van der Waals surface area contributed by atoms with Gasteiger partial charge in [0.2, 0.25) is 5.91 Å². The van der Waals surface area contributed by atoms with Gasteiger partial charge in [-0.1, -0.05) is 12.6 Å². The van der Waals surface area contributed by atoms with E-state index in [9.17, 15) is 22.4 Å². The number of aryl methyl sites for hydroxylation is 1. The molecule has 2 aliphatic rings. The van der Waals surface area contributed by atoms with Crippen LogP contribution >= 0.6 is 11.3 Å². The van der Waals surface area contributed by atoms with Crippen molar-refractivity contribution in [2.45, 2.75) is 25.7 Å². The van der Waals surface area contributed by atoms with Crippen LogP contribution in [0.1, 0.15) is 18.7 Å². The molecule has 1 atom stereocenters. The van der Waals surface area contributed by atoms with Gasteiger partial charge in [0.15, 0.2) is 0 Å². The van der Waals surface area contributed by atoms with Gasteiger partial charge in [-0.2, -0.15) is 18.3 Å². The molecule has 2 aromatic carbocycles. The van der Waals surface area contributed by atoms with Crippen molar-refractivity contribution in [2.75, 3.05) is 32.8 Å². The van der Waals surface area contributed by atoms with Crippen molar-refractivity contribution in [1.29, 1.82) is 0 Å². The number of rotatable bonds is 8. The summed E-state index contributed by atoms with van der Waals surface area (Å²) >= 11 is 1.36. The number of fused-ring (bicyclic) bond motifs is 3. The van der Waals surface area contributed by atoms with Gasteiger partial charge in [-0.25, -0.2) is 18.7 Å². The van der Waals surface area contributed by atoms with Crippen molar-refractivity contribution in [1.82, 2.24) is 34.1 Å². The lowest BCUT2D eigenvalue weighted by atomic mass is 9.96. The largest absolute Gasteiger partial charge is 0.492 e. The van der Waals surface area contributed by atoms with Crippen LogP contribution in [0.2, 0.25) is 0 Å². The predicted octanol–water partition coefficient (Wildman–Crippen LogP) is 7.62. The summed E-state index contributed by atoms with van der Waals surface area (Å²) in [5, 5.41) is 7.50. The monoisotopic (exact) mass is 733 g/mol. The number of likely N-dealkylation sites (tertiary alicyclic amines) is 1. The Morgan fingerprint density at radius 3 is 2.65 bits per heavy atom. The minimum absolute atomic E-state index is 0.0305. The molecule has 0 saturated carbocycles. The van der Waals surface area contributed by atoms with E-state index in [-0.39, 0.29) is 48.9 Å². The summed E-state index contributed by atoms with van der Waals surface area (Å²) in [5.41, 5.74) is 4.86. The molecule has 1 amide bonds. The zero-order valence-corrected chi connectivity index (χ0v) is 28.9.